The summed E-state index contributed by atoms with van der Waals surface area (Å²) in [4.78, 5) is 0. The van der Waals surface area contributed by atoms with E-state index in [1.54, 1.807) is 26.4 Å². The monoisotopic (exact) mass is 428 g/mol. The van der Waals surface area contributed by atoms with Crippen LogP contribution in [-0.2, 0) is 6.54 Å². The second kappa shape index (κ2) is 6.61. The minimum atomic E-state index is -0.367. The van der Waals surface area contributed by atoms with Gasteiger partial charge in [-0.1, -0.05) is 11.2 Å². The first-order valence-electron chi connectivity index (χ1n) is 6.82. The molecule has 0 aliphatic rings. The van der Waals surface area contributed by atoms with Gasteiger partial charge in [-0.3, -0.25) is 0 Å². The summed E-state index contributed by atoms with van der Waals surface area (Å²) in [7, 11) is 3.19. The Morgan fingerprint density at radius 2 is 2.09 bits per heavy atom. The van der Waals surface area contributed by atoms with Gasteiger partial charge >= 0.3 is 0 Å². The molecule has 0 bridgehead atoms. The predicted octanol–water partition coefficient (Wildman–Crippen LogP) is 4.20. The third-order valence-electron chi connectivity index (χ3n) is 3.40. The highest BCUT2D eigenvalue weighted by atomic mass is 127. The van der Waals surface area contributed by atoms with Crippen molar-refractivity contribution in [2.45, 2.75) is 6.54 Å². The fourth-order valence-electron chi connectivity index (χ4n) is 2.33. The highest BCUT2D eigenvalue weighted by molar-refractivity contribution is 14.1. The van der Waals surface area contributed by atoms with Crippen LogP contribution in [0.4, 0.5) is 10.2 Å². The number of benzene rings is 2. The SMILES string of the molecule is COc1cc(CNc2noc3cccc(F)c23)cc(I)c1OC. The number of hydrogen-bond acceptors (Lipinski definition) is 5. The third kappa shape index (κ3) is 3.05. The molecule has 1 heterocycles. The second-order valence-corrected chi connectivity index (χ2v) is 5.97. The number of nitrogens with zero attached hydrogens (tertiary/aromatic N) is 1. The van der Waals surface area contributed by atoms with E-state index >= 15 is 0 Å². The minimum absolute atomic E-state index is 0.350. The van der Waals surface area contributed by atoms with Crippen LogP contribution >= 0.6 is 22.6 Å². The summed E-state index contributed by atoms with van der Waals surface area (Å²) in [5.74, 6) is 1.35. The Kier molecular flexibility index (Phi) is 4.56. The Morgan fingerprint density at radius 1 is 1.26 bits per heavy atom. The first-order chi connectivity index (χ1) is 11.1. The van der Waals surface area contributed by atoms with Crippen molar-refractivity contribution in [1.29, 1.82) is 0 Å². The molecule has 0 atom stereocenters. The lowest BCUT2D eigenvalue weighted by molar-refractivity contribution is 0.352. The first-order valence-corrected chi connectivity index (χ1v) is 7.90. The third-order valence-corrected chi connectivity index (χ3v) is 4.20. The molecule has 0 spiro atoms. The summed E-state index contributed by atoms with van der Waals surface area (Å²) in [6.45, 7) is 0.451. The summed E-state index contributed by atoms with van der Waals surface area (Å²) in [6, 6.07) is 8.48. The Balaban J connectivity index is 1.87. The quantitative estimate of drug-likeness (QED) is 0.618. The molecule has 0 radical (unpaired) electrons. The van der Waals surface area contributed by atoms with Gasteiger partial charge in [-0.05, 0) is 52.4 Å². The number of methoxy groups -OCH3 is 2. The van der Waals surface area contributed by atoms with Crippen molar-refractivity contribution in [2.75, 3.05) is 19.5 Å². The Morgan fingerprint density at radius 3 is 2.83 bits per heavy atom. The fraction of sp³-hybridized carbons (Fsp3) is 0.188. The van der Waals surface area contributed by atoms with E-state index in [-0.39, 0.29) is 5.82 Å². The zero-order valence-corrected chi connectivity index (χ0v) is 14.7. The van der Waals surface area contributed by atoms with Crippen molar-refractivity contribution in [2.24, 2.45) is 0 Å². The van der Waals surface area contributed by atoms with Crippen LogP contribution in [-0.4, -0.2) is 19.4 Å². The van der Waals surface area contributed by atoms with Crippen molar-refractivity contribution >= 4 is 39.4 Å². The van der Waals surface area contributed by atoms with Gasteiger partial charge < -0.3 is 19.3 Å². The van der Waals surface area contributed by atoms with Gasteiger partial charge in [0, 0.05) is 6.54 Å². The molecule has 0 saturated heterocycles. The van der Waals surface area contributed by atoms with E-state index in [4.69, 9.17) is 14.0 Å². The summed E-state index contributed by atoms with van der Waals surface area (Å²) in [6.07, 6.45) is 0. The smallest absolute Gasteiger partial charge is 0.180 e. The molecule has 120 valence electrons. The highest BCUT2D eigenvalue weighted by Crippen LogP contribution is 2.34. The topological polar surface area (TPSA) is 56.5 Å². The van der Waals surface area contributed by atoms with Crippen molar-refractivity contribution in [3.05, 3.63) is 45.3 Å². The molecule has 5 nitrogen and oxygen atoms in total. The average molecular weight is 428 g/mol. The number of anilines is 1. The van der Waals surface area contributed by atoms with E-state index in [0.717, 1.165) is 9.13 Å². The van der Waals surface area contributed by atoms with Gasteiger partial charge in [0.05, 0.1) is 17.8 Å². The standard InChI is InChI=1S/C16H14FIN2O3/c1-21-13-7-9(6-11(18)15(13)22-2)8-19-16-14-10(17)4-3-5-12(14)23-20-16/h3-7H,8H2,1-2H3,(H,19,20). The van der Waals surface area contributed by atoms with E-state index in [1.807, 2.05) is 12.1 Å². The molecular formula is C16H14FIN2O3. The Bertz CT molecular complexity index is 851. The zero-order valence-electron chi connectivity index (χ0n) is 12.5. The van der Waals surface area contributed by atoms with Gasteiger partial charge in [-0.15, -0.1) is 0 Å². The van der Waals surface area contributed by atoms with Crippen molar-refractivity contribution < 1.29 is 18.4 Å². The molecule has 3 aromatic rings. The van der Waals surface area contributed by atoms with Crippen LogP contribution in [0.25, 0.3) is 11.0 Å². The lowest BCUT2D eigenvalue weighted by Gasteiger charge is -2.12. The molecule has 1 aromatic heterocycles. The van der Waals surface area contributed by atoms with Gasteiger partial charge in [-0.25, -0.2) is 4.39 Å². The number of halogens is 2. The van der Waals surface area contributed by atoms with Crippen LogP contribution in [0.2, 0.25) is 0 Å². The lowest BCUT2D eigenvalue weighted by atomic mass is 10.2. The largest absolute Gasteiger partial charge is 0.493 e. The molecule has 7 heteroatoms. The molecule has 0 aliphatic carbocycles. The minimum Gasteiger partial charge on any atom is -0.493 e. The van der Waals surface area contributed by atoms with Crippen molar-refractivity contribution in [1.82, 2.24) is 5.16 Å². The van der Waals surface area contributed by atoms with E-state index in [2.05, 4.69) is 33.1 Å². The number of rotatable bonds is 5. The van der Waals surface area contributed by atoms with Crippen LogP contribution in [0.1, 0.15) is 5.56 Å². The van der Waals surface area contributed by atoms with Crippen LogP contribution in [0.15, 0.2) is 34.9 Å². The molecule has 0 unspecified atom stereocenters. The molecule has 2 aromatic carbocycles. The molecule has 0 fully saturated rings. The highest BCUT2D eigenvalue weighted by Gasteiger charge is 2.14. The normalized spacial score (nSPS) is 10.8. The molecule has 0 amide bonds. The van der Waals surface area contributed by atoms with E-state index in [0.29, 0.717) is 34.8 Å². The molecular weight excluding hydrogens is 414 g/mol. The van der Waals surface area contributed by atoms with Crippen LogP contribution < -0.4 is 14.8 Å². The van der Waals surface area contributed by atoms with E-state index in [9.17, 15) is 4.39 Å². The first kappa shape index (κ1) is 15.9. The molecule has 0 saturated carbocycles. The van der Waals surface area contributed by atoms with Gasteiger partial charge in [-0.2, -0.15) is 0 Å². The second-order valence-electron chi connectivity index (χ2n) is 4.81. The maximum absolute atomic E-state index is 13.9. The molecule has 3 rings (SSSR count). The zero-order chi connectivity index (χ0) is 16.4. The maximum atomic E-state index is 13.9. The maximum Gasteiger partial charge on any atom is 0.180 e. The summed E-state index contributed by atoms with van der Waals surface area (Å²) in [5.41, 5.74) is 1.37. The van der Waals surface area contributed by atoms with E-state index < -0.39 is 0 Å². The van der Waals surface area contributed by atoms with Gasteiger partial charge in [0.1, 0.15) is 11.2 Å². The number of nitrogens with one attached hydrogen (secondary N) is 1. The molecule has 0 aliphatic heterocycles. The lowest BCUT2D eigenvalue weighted by Crippen LogP contribution is -2.02. The number of hydrogen-bond donors (Lipinski definition) is 1. The van der Waals surface area contributed by atoms with Crippen LogP contribution in [0.5, 0.6) is 11.5 Å². The molecule has 23 heavy (non-hydrogen) atoms. The van der Waals surface area contributed by atoms with Crippen molar-refractivity contribution in [3.63, 3.8) is 0 Å². The van der Waals surface area contributed by atoms with Crippen molar-refractivity contribution in [3.8, 4) is 11.5 Å². The number of aromatic nitrogens is 1. The summed E-state index contributed by atoms with van der Waals surface area (Å²) < 4.78 is 30.6. The fourth-order valence-corrected chi connectivity index (χ4v) is 3.22. The summed E-state index contributed by atoms with van der Waals surface area (Å²) in [5, 5.41) is 7.33. The van der Waals surface area contributed by atoms with Gasteiger partial charge in [0.2, 0.25) is 0 Å². The van der Waals surface area contributed by atoms with Gasteiger partial charge in [0.25, 0.3) is 0 Å². The molecule has 1 N–H and O–H groups in total. The summed E-state index contributed by atoms with van der Waals surface area (Å²) >= 11 is 2.18. The predicted molar refractivity (Wildman–Crippen MR) is 93.6 cm³/mol. The Hall–Kier alpha value is -2.03. The number of fused-ring (bicyclic) bond motifs is 1. The Labute approximate surface area is 145 Å². The van der Waals surface area contributed by atoms with Gasteiger partial charge in [0.15, 0.2) is 22.9 Å². The number of ether oxygens (including phenoxy) is 2. The van der Waals surface area contributed by atoms with Crippen LogP contribution in [0.3, 0.4) is 0 Å². The van der Waals surface area contributed by atoms with E-state index in [1.165, 1.54) is 6.07 Å². The average Bonchev–Trinajstić information content (AvgIpc) is 2.97. The van der Waals surface area contributed by atoms with Crippen LogP contribution in [0, 0.1) is 9.39 Å².